The van der Waals surface area contributed by atoms with Gasteiger partial charge in [0.1, 0.15) is 0 Å². The molecule has 3 rings (SSSR count). The van der Waals surface area contributed by atoms with Crippen molar-refractivity contribution < 1.29 is 17.9 Å². The molecule has 1 aliphatic carbocycles. The van der Waals surface area contributed by atoms with E-state index in [2.05, 4.69) is 4.72 Å². The molecule has 1 N–H and O–H groups in total. The van der Waals surface area contributed by atoms with Gasteiger partial charge in [-0.05, 0) is 55.0 Å². The first-order valence-electron chi connectivity index (χ1n) is 9.30. The maximum atomic E-state index is 12.8. The van der Waals surface area contributed by atoms with Crippen LogP contribution < -0.4 is 14.2 Å². The standard InChI is InChI=1S/C21H27NO4S/c1-15-13-20(25-2)21(26-3)14-19(15)22-27(23,24)18-11-9-17(10-12-18)16-7-5-4-6-8-16/h9-14,16,22H,4-8H2,1-3H3. The summed E-state index contributed by atoms with van der Waals surface area (Å²) < 4.78 is 38.8. The molecule has 0 aliphatic heterocycles. The minimum Gasteiger partial charge on any atom is -0.493 e. The van der Waals surface area contributed by atoms with Crippen LogP contribution in [0, 0.1) is 6.92 Å². The average molecular weight is 390 g/mol. The molecule has 1 fully saturated rings. The van der Waals surface area contributed by atoms with E-state index in [1.807, 2.05) is 19.1 Å². The first-order chi connectivity index (χ1) is 12.9. The minimum atomic E-state index is -3.67. The molecule has 0 bridgehead atoms. The number of aryl methyl sites for hydroxylation is 1. The van der Waals surface area contributed by atoms with Gasteiger partial charge in [0, 0.05) is 6.07 Å². The van der Waals surface area contributed by atoms with Gasteiger partial charge < -0.3 is 9.47 Å². The van der Waals surface area contributed by atoms with Crippen molar-refractivity contribution in [2.24, 2.45) is 0 Å². The summed E-state index contributed by atoms with van der Waals surface area (Å²) in [5, 5.41) is 0. The van der Waals surface area contributed by atoms with Crippen LogP contribution >= 0.6 is 0 Å². The maximum absolute atomic E-state index is 12.8. The Kier molecular flexibility index (Phi) is 5.95. The highest BCUT2D eigenvalue weighted by Gasteiger charge is 2.19. The molecule has 0 unspecified atom stereocenters. The van der Waals surface area contributed by atoms with E-state index in [0.717, 1.165) is 5.56 Å². The Morgan fingerprint density at radius 2 is 1.52 bits per heavy atom. The van der Waals surface area contributed by atoms with Crippen LogP contribution in [0.2, 0.25) is 0 Å². The highest BCUT2D eigenvalue weighted by molar-refractivity contribution is 7.92. The fourth-order valence-electron chi connectivity index (χ4n) is 3.65. The molecule has 27 heavy (non-hydrogen) atoms. The molecule has 0 spiro atoms. The number of rotatable bonds is 6. The zero-order valence-electron chi connectivity index (χ0n) is 16.1. The molecule has 1 saturated carbocycles. The summed E-state index contributed by atoms with van der Waals surface area (Å²) in [6, 6.07) is 10.7. The summed E-state index contributed by atoms with van der Waals surface area (Å²) in [7, 11) is -0.600. The molecule has 0 aromatic heterocycles. The summed E-state index contributed by atoms with van der Waals surface area (Å²) in [5.41, 5.74) is 2.47. The van der Waals surface area contributed by atoms with Crippen LogP contribution in [-0.2, 0) is 10.0 Å². The van der Waals surface area contributed by atoms with E-state index in [9.17, 15) is 8.42 Å². The molecular weight excluding hydrogens is 362 g/mol. The highest BCUT2D eigenvalue weighted by atomic mass is 32.2. The van der Waals surface area contributed by atoms with Gasteiger partial charge in [-0.25, -0.2) is 8.42 Å². The quantitative estimate of drug-likeness (QED) is 0.766. The fraction of sp³-hybridized carbons (Fsp3) is 0.429. The molecule has 2 aromatic carbocycles. The monoisotopic (exact) mass is 389 g/mol. The van der Waals surface area contributed by atoms with Crippen LogP contribution in [0.15, 0.2) is 41.3 Å². The van der Waals surface area contributed by atoms with Gasteiger partial charge >= 0.3 is 0 Å². The van der Waals surface area contributed by atoms with Gasteiger partial charge in [-0.2, -0.15) is 0 Å². The molecule has 1 aliphatic rings. The Morgan fingerprint density at radius 1 is 0.926 bits per heavy atom. The van der Waals surface area contributed by atoms with E-state index in [0.29, 0.717) is 23.1 Å². The molecule has 6 heteroatoms. The first-order valence-corrected chi connectivity index (χ1v) is 10.8. The summed E-state index contributed by atoms with van der Waals surface area (Å²) >= 11 is 0. The van der Waals surface area contributed by atoms with Gasteiger partial charge in [0.05, 0.1) is 24.8 Å². The Bertz CT molecular complexity index is 885. The molecule has 0 saturated heterocycles. The van der Waals surface area contributed by atoms with Crippen molar-refractivity contribution in [3.63, 3.8) is 0 Å². The Labute approximate surface area is 161 Å². The number of nitrogens with one attached hydrogen (secondary N) is 1. The molecule has 0 atom stereocenters. The minimum absolute atomic E-state index is 0.260. The van der Waals surface area contributed by atoms with Gasteiger partial charge in [0.25, 0.3) is 10.0 Å². The van der Waals surface area contributed by atoms with Crippen molar-refractivity contribution in [1.29, 1.82) is 0 Å². The van der Waals surface area contributed by atoms with Crippen molar-refractivity contribution in [1.82, 2.24) is 0 Å². The zero-order chi connectivity index (χ0) is 19.4. The van der Waals surface area contributed by atoms with Gasteiger partial charge in [-0.3, -0.25) is 4.72 Å². The van der Waals surface area contributed by atoms with Gasteiger partial charge in [0.15, 0.2) is 11.5 Å². The lowest BCUT2D eigenvalue weighted by Gasteiger charge is -2.22. The van der Waals surface area contributed by atoms with E-state index in [1.54, 1.807) is 31.4 Å². The van der Waals surface area contributed by atoms with E-state index in [-0.39, 0.29) is 4.90 Å². The number of sulfonamides is 1. The van der Waals surface area contributed by atoms with E-state index < -0.39 is 10.0 Å². The SMILES string of the molecule is COc1cc(C)c(NS(=O)(=O)c2ccc(C3CCCCC3)cc2)cc1OC. The normalized spacial score (nSPS) is 15.4. The topological polar surface area (TPSA) is 64.6 Å². The maximum Gasteiger partial charge on any atom is 0.261 e. The second-order valence-electron chi connectivity index (χ2n) is 7.03. The van der Waals surface area contributed by atoms with Crippen LogP contribution in [0.1, 0.15) is 49.1 Å². The van der Waals surface area contributed by atoms with E-state index in [1.165, 1.54) is 44.8 Å². The Balaban J connectivity index is 1.82. The van der Waals surface area contributed by atoms with Crippen molar-refractivity contribution >= 4 is 15.7 Å². The molecule has 0 radical (unpaired) electrons. The first kappa shape index (κ1) is 19.5. The predicted octanol–water partition coefficient (Wildman–Crippen LogP) is 4.86. The van der Waals surface area contributed by atoms with E-state index >= 15 is 0 Å². The van der Waals surface area contributed by atoms with Gasteiger partial charge in [0.2, 0.25) is 0 Å². The van der Waals surface area contributed by atoms with Crippen LogP contribution in [0.5, 0.6) is 11.5 Å². The lowest BCUT2D eigenvalue weighted by atomic mass is 9.84. The molecule has 0 heterocycles. The molecule has 146 valence electrons. The van der Waals surface area contributed by atoms with Crippen molar-refractivity contribution in [3.05, 3.63) is 47.5 Å². The largest absolute Gasteiger partial charge is 0.493 e. The zero-order valence-corrected chi connectivity index (χ0v) is 16.9. The summed E-state index contributed by atoms with van der Waals surface area (Å²) in [6.07, 6.45) is 6.19. The van der Waals surface area contributed by atoms with Crippen LogP contribution in [0.25, 0.3) is 0 Å². The third-order valence-corrected chi connectivity index (χ3v) is 6.62. The molecule has 2 aromatic rings. The third kappa shape index (κ3) is 4.38. The van der Waals surface area contributed by atoms with Crippen LogP contribution in [0.4, 0.5) is 5.69 Å². The number of benzene rings is 2. The van der Waals surface area contributed by atoms with Crippen LogP contribution in [0.3, 0.4) is 0 Å². The lowest BCUT2D eigenvalue weighted by molar-refractivity contribution is 0.355. The van der Waals surface area contributed by atoms with Gasteiger partial charge in [-0.1, -0.05) is 31.4 Å². The lowest BCUT2D eigenvalue weighted by Crippen LogP contribution is -2.14. The summed E-state index contributed by atoms with van der Waals surface area (Å²) in [4.78, 5) is 0.260. The smallest absolute Gasteiger partial charge is 0.261 e. The average Bonchev–Trinajstić information content (AvgIpc) is 2.69. The predicted molar refractivity (Wildman–Crippen MR) is 107 cm³/mol. The van der Waals surface area contributed by atoms with E-state index in [4.69, 9.17) is 9.47 Å². The van der Waals surface area contributed by atoms with Crippen LogP contribution in [-0.4, -0.2) is 22.6 Å². The molecular formula is C21H27NO4S. The van der Waals surface area contributed by atoms with Crippen molar-refractivity contribution in [2.75, 3.05) is 18.9 Å². The number of methoxy groups -OCH3 is 2. The summed E-state index contributed by atoms with van der Waals surface area (Å²) in [6.45, 7) is 1.83. The fourth-order valence-corrected chi connectivity index (χ4v) is 4.77. The Hall–Kier alpha value is -2.21. The Morgan fingerprint density at radius 3 is 2.11 bits per heavy atom. The van der Waals surface area contributed by atoms with Crippen molar-refractivity contribution in [2.45, 2.75) is 49.8 Å². The number of hydrogen-bond donors (Lipinski definition) is 1. The van der Waals surface area contributed by atoms with Gasteiger partial charge in [-0.15, -0.1) is 0 Å². The second-order valence-corrected chi connectivity index (χ2v) is 8.71. The number of ether oxygens (including phenoxy) is 2. The molecule has 0 amide bonds. The molecule has 5 nitrogen and oxygen atoms in total. The summed E-state index contributed by atoms with van der Waals surface area (Å²) in [5.74, 6) is 1.60. The number of hydrogen-bond acceptors (Lipinski definition) is 4. The second kappa shape index (κ2) is 8.21. The number of anilines is 1. The highest BCUT2D eigenvalue weighted by Crippen LogP contribution is 2.35. The third-order valence-electron chi connectivity index (χ3n) is 5.24. The van der Waals surface area contributed by atoms with Crippen molar-refractivity contribution in [3.8, 4) is 11.5 Å².